The molecule has 1 atom stereocenters. The van der Waals surface area contributed by atoms with Crippen molar-refractivity contribution in [2.24, 2.45) is 0 Å². The van der Waals surface area contributed by atoms with Gasteiger partial charge in [0.05, 0.1) is 7.11 Å². The van der Waals surface area contributed by atoms with Crippen LogP contribution >= 0.6 is 0 Å². The van der Waals surface area contributed by atoms with Crippen molar-refractivity contribution in [3.05, 3.63) is 42.5 Å². The Balaban J connectivity index is 3.04. The summed E-state index contributed by atoms with van der Waals surface area (Å²) in [6.45, 7) is 3.47. The molecule has 0 unspecified atom stereocenters. The Labute approximate surface area is 108 Å². The molecule has 1 rings (SSSR count). The Hall–Kier alpha value is -1.82. The van der Waals surface area contributed by atoms with Crippen molar-refractivity contribution in [1.82, 2.24) is 0 Å². The first-order chi connectivity index (χ1) is 8.72. The lowest BCUT2D eigenvalue weighted by atomic mass is 9.91. The Morgan fingerprint density at radius 1 is 1.32 bits per heavy atom. The highest BCUT2D eigenvalue weighted by atomic mass is 19.4. The van der Waals surface area contributed by atoms with E-state index in [2.05, 4.69) is 11.3 Å². The molecule has 0 aliphatic heterocycles. The van der Waals surface area contributed by atoms with Gasteiger partial charge in [-0.25, -0.2) is 4.79 Å². The first-order valence-corrected chi connectivity index (χ1v) is 5.33. The molecule has 6 heteroatoms. The highest BCUT2D eigenvalue weighted by Gasteiger charge is 2.60. The van der Waals surface area contributed by atoms with Gasteiger partial charge in [-0.3, -0.25) is 0 Å². The minimum absolute atomic E-state index is 0.00850. The van der Waals surface area contributed by atoms with Crippen LogP contribution in [0.25, 0.3) is 5.57 Å². The maximum atomic E-state index is 12.8. The molecule has 3 nitrogen and oxygen atoms in total. The normalized spacial score (nSPS) is 14.6. The molecule has 1 aromatic carbocycles. The monoisotopic (exact) mass is 274 g/mol. The van der Waals surface area contributed by atoms with E-state index in [4.69, 9.17) is 0 Å². The number of hydrogen-bond acceptors (Lipinski definition) is 3. The van der Waals surface area contributed by atoms with Crippen LogP contribution in [-0.4, -0.2) is 30.0 Å². The van der Waals surface area contributed by atoms with Crippen molar-refractivity contribution in [3.8, 4) is 0 Å². The van der Waals surface area contributed by atoms with E-state index >= 15 is 0 Å². The Morgan fingerprint density at radius 3 is 2.26 bits per heavy atom. The Kier molecular flexibility index (Phi) is 4.36. The maximum absolute atomic E-state index is 12.8. The highest BCUT2D eigenvalue weighted by Crippen LogP contribution is 2.38. The van der Waals surface area contributed by atoms with E-state index < -0.39 is 24.2 Å². The molecule has 0 saturated heterocycles. The van der Waals surface area contributed by atoms with E-state index in [-0.39, 0.29) is 5.57 Å². The van der Waals surface area contributed by atoms with Gasteiger partial charge in [0.15, 0.2) is 0 Å². The predicted octanol–water partition coefficient (Wildman–Crippen LogP) is 2.56. The van der Waals surface area contributed by atoms with Gasteiger partial charge in [0.25, 0.3) is 5.60 Å². The van der Waals surface area contributed by atoms with Crippen LogP contribution in [0.3, 0.4) is 0 Å². The average molecular weight is 274 g/mol. The van der Waals surface area contributed by atoms with E-state index in [0.29, 0.717) is 5.56 Å². The molecule has 1 aromatic rings. The molecule has 0 fully saturated rings. The van der Waals surface area contributed by atoms with Crippen LogP contribution in [0.15, 0.2) is 36.9 Å². The molecule has 0 heterocycles. The Bertz CT molecular complexity index is 468. The molecular formula is C13H13F3O3. The number of benzene rings is 1. The van der Waals surface area contributed by atoms with Gasteiger partial charge < -0.3 is 9.84 Å². The first-order valence-electron chi connectivity index (χ1n) is 5.33. The van der Waals surface area contributed by atoms with Crippen LogP contribution in [-0.2, 0) is 9.53 Å². The second-order valence-corrected chi connectivity index (χ2v) is 4.00. The number of hydrogen-bond donors (Lipinski definition) is 1. The molecule has 19 heavy (non-hydrogen) atoms. The van der Waals surface area contributed by atoms with E-state index in [0.717, 1.165) is 7.11 Å². The van der Waals surface area contributed by atoms with Gasteiger partial charge in [-0.1, -0.05) is 36.9 Å². The van der Waals surface area contributed by atoms with Crippen LogP contribution in [0.1, 0.15) is 12.0 Å². The standard InChI is InChI=1S/C13H13F3O3/c1-9(10-6-4-3-5-7-10)8-12(18,11(17)19-2)13(14,15)16/h3-7,18H,1,8H2,2H3/t12-/m1/s1. The van der Waals surface area contributed by atoms with Crippen molar-refractivity contribution >= 4 is 11.5 Å². The summed E-state index contributed by atoms with van der Waals surface area (Å²) in [4.78, 5) is 11.2. The third-order valence-electron chi connectivity index (χ3n) is 2.64. The summed E-state index contributed by atoms with van der Waals surface area (Å²) in [6, 6.07) is 8.00. The third kappa shape index (κ3) is 3.14. The molecular weight excluding hydrogens is 261 g/mol. The third-order valence-corrected chi connectivity index (χ3v) is 2.64. The van der Waals surface area contributed by atoms with Gasteiger partial charge in [-0.2, -0.15) is 13.2 Å². The summed E-state index contributed by atoms with van der Waals surface area (Å²) in [5.41, 5.74) is -3.19. The van der Waals surface area contributed by atoms with Crippen LogP contribution in [0.5, 0.6) is 0 Å². The fourth-order valence-electron chi connectivity index (χ4n) is 1.54. The molecule has 0 aliphatic carbocycles. The first kappa shape index (κ1) is 15.2. The number of methoxy groups -OCH3 is 1. The molecule has 0 amide bonds. The molecule has 0 bridgehead atoms. The van der Waals surface area contributed by atoms with Crippen molar-refractivity contribution in [2.75, 3.05) is 7.11 Å². The zero-order valence-corrected chi connectivity index (χ0v) is 10.2. The number of carbonyl (C=O) groups excluding carboxylic acids is 1. The van der Waals surface area contributed by atoms with E-state index in [1.807, 2.05) is 0 Å². The highest BCUT2D eigenvalue weighted by molar-refractivity contribution is 5.83. The van der Waals surface area contributed by atoms with Gasteiger partial charge in [0.2, 0.25) is 0 Å². The van der Waals surface area contributed by atoms with Crippen molar-refractivity contribution in [1.29, 1.82) is 0 Å². The number of halogens is 3. The van der Waals surface area contributed by atoms with Crippen LogP contribution in [0.2, 0.25) is 0 Å². The zero-order chi connectivity index (χ0) is 14.7. The van der Waals surface area contributed by atoms with Crippen LogP contribution in [0.4, 0.5) is 13.2 Å². The summed E-state index contributed by atoms with van der Waals surface area (Å²) in [5.74, 6) is -1.75. The second-order valence-electron chi connectivity index (χ2n) is 4.00. The maximum Gasteiger partial charge on any atom is 0.428 e. The lowest BCUT2D eigenvalue weighted by Crippen LogP contribution is -2.52. The number of alkyl halides is 3. The lowest BCUT2D eigenvalue weighted by Gasteiger charge is -2.28. The van der Waals surface area contributed by atoms with Crippen molar-refractivity contribution in [3.63, 3.8) is 0 Å². The van der Waals surface area contributed by atoms with E-state index in [9.17, 15) is 23.1 Å². The van der Waals surface area contributed by atoms with Gasteiger partial charge in [-0.15, -0.1) is 0 Å². The largest absolute Gasteiger partial charge is 0.467 e. The molecule has 0 spiro atoms. The van der Waals surface area contributed by atoms with Gasteiger partial charge in [0, 0.05) is 6.42 Å². The summed E-state index contributed by atoms with van der Waals surface area (Å²) < 4.78 is 42.5. The lowest BCUT2D eigenvalue weighted by molar-refractivity contribution is -0.259. The molecule has 104 valence electrons. The summed E-state index contributed by atoms with van der Waals surface area (Å²) in [6.07, 6.45) is -6.12. The molecule has 1 N–H and O–H groups in total. The average Bonchev–Trinajstić information content (AvgIpc) is 2.37. The van der Waals surface area contributed by atoms with Crippen molar-refractivity contribution < 1.29 is 27.8 Å². The summed E-state index contributed by atoms with van der Waals surface area (Å²) >= 11 is 0. The fourth-order valence-corrected chi connectivity index (χ4v) is 1.54. The number of esters is 1. The minimum Gasteiger partial charge on any atom is -0.467 e. The quantitative estimate of drug-likeness (QED) is 0.858. The number of aliphatic hydroxyl groups is 1. The van der Waals surface area contributed by atoms with Gasteiger partial charge in [0.1, 0.15) is 0 Å². The topological polar surface area (TPSA) is 46.5 Å². The Morgan fingerprint density at radius 2 is 1.84 bits per heavy atom. The SMILES string of the molecule is C=C(C[C@@](O)(C(=O)OC)C(F)(F)F)c1ccccc1. The van der Waals surface area contributed by atoms with E-state index in [1.54, 1.807) is 18.2 Å². The number of ether oxygens (including phenoxy) is 1. The summed E-state index contributed by atoms with van der Waals surface area (Å²) in [5, 5.41) is 9.59. The number of rotatable bonds is 4. The zero-order valence-electron chi connectivity index (χ0n) is 10.2. The number of carbonyl (C=O) groups is 1. The summed E-state index contributed by atoms with van der Waals surface area (Å²) in [7, 11) is 0.782. The molecule has 0 aliphatic rings. The molecule has 0 saturated carbocycles. The van der Waals surface area contributed by atoms with Crippen LogP contribution in [0, 0.1) is 0 Å². The minimum atomic E-state index is -5.14. The smallest absolute Gasteiger partial charge is 0.428 e. The van der Waals surface area contributed by atoms with Gasteiger partial charge >= 0.3 is 12.1 Å². The van der Waals surface area contributed by atoms with Crippen LogP contribution < -0.4 is 0 Å². The van der Waals surface area contributed by atoms with E-state index in [1.165, 1.54) is 12.1 Å². The predicted molar refractivity (Wildman–Crippen MR) is 63.1 cm³/mol. The van der Waals surface area contributed by atoms with Gasteiger partial charge in [-0.05, 0) is 11.1 Å². The molecule has 0 radical (unpaired) electrons. The van der Waals surface area contributed by atoms with Crippen molar-refractivity contribution in [2.45, 2.75) is 18.2 Å². The fraction of sp³-hybridized carbons (Fsp3) is 0.308. The molecule has 0 aromatic heterocycles. The second kappa shape index (κ2) is 5.44.